The summed E-state index contributed by atoms with van der Waals surface area (Å²) in [6.45, 7) is 9.62. The van der Waals surface area contributed by atoms with E-state index in [0.717, 1.165) is 47.7 Å². The minimum atomic E-state index is 0.673. The average molecular weight is 312 g/mol. The van der Waals surface area contributed by atoms with Crippen LogP contribution in [0.5, 0.6) is 0 Å². The summed E-state index contributed by atoms with van der Waals surface area (Å²) in [5.41, 5.74) is 12.5. The van der Waals surface area contributed by atoms with Crippen LogP contribution in [0.4, 0.5) is 0 Å². The molecule has 0 unspecified atom stereocenters. The third-order valence-electron chi connectivity index (χ3n) is 4.54. The number of nitrogens with two attached hydrogens (primary N) is 1. The topological polar surface area (TPSA) is 69.9 Å². The van der Waals surface area contributed by atoms with Crippen molar-refractivity contribution in [1.29, 1.82) is 0 Å². The molecule has 0 aliphatic heterocycles. The predicted octanol–water partition coefficient (Wildman–Crippen LogP) is 3.20. The van der Waals surface area contributed by atoms with E-state index in [2.05, 4.69) is 35.7 Å². The molecule has 0 radical (unpaired) electrons. The van der Waals surface area contributed by atoms with Crippen LogP contribution in [0.2, 0.25) is 0 Å². The van der Waals surface area contributed by atoms with E-state index in [1.165, 1.54) is 16.6 Å². The van der Waals surface area contributed by atoms with Crippen molar-refractivity contribution in [1.82, 2.24) is 14.7 Å². The van der Waals surface area contributed by atoms with Gasteiger partial charge in [-0.3, -0.25) is 0 Å². The van der Waals surface area contributed by atoms with E-state index in [1.807, 2.05) is 13.8 Å². The molecular formula is C18H24N4O. The van der Waals surface area contributed by atoms with Crippen molar-refractivity contribution < 1.29 is 4.52 Å². The van der Waals surface area contributed by atoms with Crippen molar-refractivity contribution in [3.63, 3.8) is 0 Å². The molecule has 0 saturated heterocycles. The molecule has 0 aliphatic rings. The molecule has 0 atom stereocenters. The molecule has 3 aromatic rings. The second-order valence-electron chi connectivity index (χ2n) is 6.23. The number of hydrogen-bond donors (Lipinski definition) is 1. The first-order valence-corrected chi connectivity index (χ1v) is 8.09. The van der Waals surface area contributed by atoms with Crippen molar-refractivity contribution in [2.75, 3.05) is 6.54 Å². The minimum Gasteiger partial charge on any atom is -0.361 e. The maximum absolute atomic E-state index is 5.69. The van der Waals surface area contributed by atoms with Gasteiger partial charge in [-0.1, -0.05) is 5.16 Å². The quantitative estimate of drug-likeness (QED) is 0.785. The largest absolute Gasteiger partial charge is 0.361 e. The molecule has 0 saturated carbocycles. The van der Waals surface area contributed by atoms with Crippen LogP contribution in [0.25, 0.3) is 11.0 Å². The summed E-state index contributed by atoms with van der Waals surface area (Å²) < 4.78 is 7.60. The van der Waals surface area contributed by atoms with Gasteiger partial charge in [-0.2, -0.15) is 0 Å². The van der Waals surface area contributed by atoms with Crippen molar-refractivity contribution in [2.24, 2.45) is 5.73 Å². The van der Waals surface area contributed by atoms with E-state index >= 15 is 0 Å². The van der Waals surface area contributed by atoms with Crippen LogP contribution < -0.4 is 5.73 Å². The lowest BCUT2D eigenvalue weighted by atomic mass is 10.1. The summed E-state index contributed by atoms with van der Waals surface area (Å²) in [5.74, 6) is 1.95. The Morgan fingerprint density at radius 3 is 2.52 bits per heavy atom. The standard InChI is InChI=1S/C18H24N4O/c1-11-8-16-17(9-12(11)2)22(18(20-16)6-5-7-19)10-15-13(3)21-23-14(15)4/h8-9H,5-7,10,19H2,1-4H3. The molecule has 5 nitrogen and oxygen atoms in total. The van der Waals surface area contributed by atoms with Gasteiger partial charge in [0, 0.05) is 12.0 Å². The molecule has 0 fully saturated rings. The van der Waals surface area contributed by atoms with Gasteiger partial charge >= 0.3 is 0 Å². The van der Waals surface area contributed by atoms with Crippen molar-refractivity contribution in [3.8, 4) is 0 Å². The normalized spacial score (nSPS) is 11.5. The highest BCUT2D eigenvalue weighted by molar-refractivity contribution is 5.78. The van der Waals surface area contributed by atoms with Crippen LogP contribution in [-0.2, 0) is 13.0 Å². The van der Waals surface area contributed by atoms with Crippen molar-refractivity contribution >= 4 is 11.0 Å². The van der Waals surface area contributed by atoms with E-state index in [0.29, 0.717) is 6.54 Å². The van der Waals surface area contributed by atoms with Gasteiger partial charge in [-0.05, 0) is 63.9 Å². The lowest BCUT2D eigenvalue weighted by molar-refractivity contribution is 0.392. The third kappa shape index (κ3) is 2.88. The molecule has 5 heteroatoms. The number of rotatable bonds is 5. The van der Waals surface area contributed by atoms with Crippen LogP contribution in [0.1, 0.15) is 40.4 Å². The molecule has 2 heterocycles. The zero-order valence-corrected chi connectivity index (χ0v) is 14.3. The van der Waals surface area contributed by atoms with Gasteiger partial charge in [-0.25, -0.2) is 4.98 Å². The maximum atomic E-state index is 5.69. The van der Waals surface area contributed by atoms with E-state index in [4.69, 9.17) is 15.2 Å². The zero-order valence-electron chi connectivity index (χ0n) is 14.3. The summed E-state index contributed by atoms with van der Waals surface area (Å²) in [4.78, 5) is 4.85. The average Bonchev–Trinajstić information content (AvgIpc) is 3.01. The second kappa shape index (κ2) is 6.16. The van der Waals surface area contributed by atoms with E-state index in [9.17, 15) is 0 Å². The van der Waals surface area contributed by atoms with Crippen molar-refractivity contribution in [3.05, 3.63) is 46.1 Å². The fourth-order valence-electron chi connectivity index (χ4n) is 2.94. The summed E-state index contributed by atoms with van der Waals surface area (Å²) in [7, 11) is 0. The number of hydrogen-bond acceptors (Lipinski definition) is 4. The van der Waals surface area contributed by atoms with E-state index in [-0.39, 0.29) is 0 Å². The molecule has 23 heavy (non-hydrogen) atoms. The molecule has 0 spiro atoms. The summed E-state index contributed by atoms with van der Waals surface area (Å²) in [6, 6.07) is 4.39. The van der Waals surface area contributed by atoms with Crippen LogP contribution in [0.3, 0.4) is 0 Å². The number of nitrogens with zero attached hydrogens (tertiary/aromatic N) is 3. The summed E-state index contributed by atoms with van der Waals surface area (Å²) >= 11 is 0. The summed E-state index contributed by atoms with van der Waals surface area (Å²) in [6.07, 6.45) is 1.82. The van der Waals surface area contributed by atoms with Gasteiger partial charge in [0.15, 0.2) is 0 Å². The van der Waals surface area contributed by atoms with Gasteiger partial charge in [0.25, 0.3) is 0 Å². The van der Waals surface area contributed by atoms with Gasteiger partial charge in [-0.15, -0.1) is 0 Å². The molecule has 0 bridgehead atoms. The van der Waals surface area contributed by atoms with E-state index in [1.54, 1.807) is 0 Å². The minimum absolute atomic E-state index is 0.673. The number of benzene rings is 1. The third-order valence-corrected chi connectivity index (χ3v) is 4.54. The molecule has 2 N–H and O–H groups in total. The van der Waals surface area contributed by atoms with Gasteiger partial charge < -0.3 is 14.8 Å². The molecule has 0 aliphatic carbocycles. The molecule has 2 aromatic heterocycles. The molecule has 1 aromatic carbocycles. The maximum Gasteiger partial charge on any atom is 0.138 e. The molecule has 0 amide bonds. The number of aromatic nitrogens is 3. The van der Waals surface area contributed by atoms with Crippen LogP contribution >= 0.6 is 0 Å². The van der Waals surface area contributed by atoms with Gasteiger partial charge in [0.1, 0.15) is 11.6 Å². The monoisotopic (exact) mass is 312 g/mol. The molecule has 122 valence electrons. The lowest BCUT2D eigenvalue weighted by Gasteiger charge is -2.10. The Balaban J connectivity index is 2.13. The number of fused-ring (bicyclic) bond motifs is 1. The molecular weight excluding hydrogens is 288 g/mol. The Kier molecular flexibility index (Phi) is 4.22. The second-order valence-corrected chi connectivity index (χ2v) is 6.23. The predicted molar refractivity (Wildman–Crippen MR) is 91.7 cm³/mol. The zero-order chi connectivity index (χ0) is 16.6. The molecule has 3 rings (SSSR count). The Hall–Kier alpha value is -2.14. The smallest absolute Gasteiger partial charge is 0.138 e. The number of imidazole rings is 1. The fraction of sp³-hybridized carbons (Fsp3) is 0.444. The van der Waals surface area contributed by atoms with Gasteiger partial charge in [0.05, 0.1) is 23.3 Å². The Morgan fingerprint density at radius 1 is 1.13 bits per heavy atom. The lowest BCUT2D eigenvalue weighted by Crippen LogP contribution is -2.09. The highest BCUT2D eigenvalue weighted by atomic mass is 16.5. The highest BCUT2D eigenvalue weighted by Crippen LogP contribution is 2.24. The highest BCUT2D eigenvalue weighted by Gasteiger charge is 2.16. The van der Waals surface area contributed by atoms with Gasteiger partial charge in [0.2, 0.25) is 0 Å². The fourth-order valence-corrected chi connectivity index (χ4v) is 2.94. The number of aryl methyl sites for hydroxylation is 5. The first kappa shape index (κ1) is 15.7. The Labute approximate surface area is 136 Å². The summed E-state index contributed by atoms with van der Waals surface area (Å²) in [5, 5.41) is 4.07. The van der Waals surface area contributed by atoms with Crippen molar-refractivity contribution in [2.45, 2.75) is 47.1 Å². The van der Waals surface area contributed by atoms with Crippen LogP contribution in [0, 0.1) is 27.7 Å². The van der Waals surface area contributed by atoms with Crippen LogP contribution in [0.15, 0.2) is 16.7 Å². The Morgan fingerprint density at radius 2 is 1.87 bits per heavy atom. The first-order chi connectivity index (χ1) is 11.0. The SMILES string of the molecule is Cc1cc2nc(CCCN)n(Cc3c(C)noc3C)c2cc1C. The Bertz CT molecular complexity index is 825. The van der Waals surface area contributed by atoms with Crippen LogP contribution in [-0.4, -0.2) is 21.3 Å². The van der Waals surface area contributed by atoms with E-state index < -0.39 is 0 Å². The first-order valence-electron chi connectivity index (χ1n) is 8.09.